The molecule has 1 aromatic carbocycles. The van der Waals surface area contributed by atoms with Gasteiger partial charge in [-0.05, 0) is 78.2 Å². The Labute approximate surface area is 177 Å². The van der Waals surface area contributed by atoms with E-state index < -0.39 is 0 Å². The maximum atomic E-state index is 10.8. The minimum Gasteiger partial charge on any atom is -0.507 e. The molecule has 0 spiro atoms. The summed E-state index contributed by atoms with van der Waals surface area (Å²) in [5.41, 5.74) is 6.94. The third kappa shape index (κ3) is 5.15. The summed E-state index contributed by atoms with van der Waals surface area (Å²) in [5.74, 6) is 3.39. The summed E-state index contributed by atoms with van der Waals surface area (Å²) in [7, 11) is 0. The summed E-state index contributed by atoms with van der Waals surface area (Å²) in [6.45, 7) is 14.4. The number of phenolic OH excluding ortho intramolecular Hbond substituents is 2. The second-order valence-corrected chi connectivity index (χ2v) is 8.70. The summed E-state index contributed by atoms with van der Waals surface area (Å²) in [5, 5.41) is 21.4. The van der Waals surface area contributed by atoms with Gasteiger partial charge in [-0.2, -0.15) is 0 Å². The quantitative estimate of drug-likeness (QED) is 0.419. The molecule has 0 fully saturated rings. The molecule has 2 heteroatoms. The standard InChI is InChI=1S/C24H32O2.C3H4/c1-14(2)19-10-9-16(4)12-20(19)24-17(5)23(21(25)13-22(24)26)18-8-6-7-15(3)11-18;1-3-2/h11-13,18-20,25-26H,1,6-10H2,2-5H3;1H,2H3/t18?,19?,20-;/m1./s1. The number of phenols is 2. The molecule has 1 aromatic rings. The van der Waals surface area contributed by atoms with Crippen molar-refractivity contribution in [1.82, 2.24) is 0 Å². The van der Waals surface area contributed by atoms with Gasteiger partial charge in [0.25, 0.3) is 0 Å². The molecule has 2 aliphatic carbocycles. The Kier molecular flexibility index (Phi) is 7.80. The Morgan fingerprint density at radius 1 is 1.03 bits per heavy atom. The summed E-state index contributed by atoms with van der Waals surface area (Å²) in [4.78, 5) is 0. The minimum absolute atomic E-state index is 0.134. The van der Waals surface area contributed by atoms with E-state index in [0.29, 0.717) is 5.92 Å². The Bertz CT molecular complexity index is 864. The van der Waals surface area contributed by atoms with E-state index in [0.717, 1.165) is 48.8 Å². The van der Waals surface area contributed by atoms with Gasteiger partial charge in [-0.25, -0.2) is 0 Å². The first-order valence-electron chi connectivity index (χ1n) is 10.6. The number of terminal acetylenes is 1. The second-order valence-electron chi connectivity index (χ2n) is 8.70. The Balaban J connectivity index is 0.000000941. The molecule has 3 rings (SSSR count). The SMILES string of the molecule is C#CC.C=C(C)C1CCC(C)=C[C@H]1c1c(O)cc(O)c(C2C=C(C)CCC2)c1C. The van der Waals surface area contributed by atoms with Crippen LogP contribution in [0.15, 0.2) is 41.5 Å². The maximum Gasteiger partial charge on any atom is 0.123 e. The van der Waals surface area contributed by atoms with Crippen LogP contribution in [0.1, 0.15) is 88.3 Å². The van der Waals surface area contributed by atoms with Crippen LogP contribution in [-0.4, -0.2) is 10.2 Å². The van der Waals surface area contributed by atoms with Gasteiger partial charge in [0.05, 0.1) is 0 Å². The highest BCUT2D eigenvalue weighted by Crippen LogP contribution is 2.48. The van der Waals surface area contributed by atoms with Gasteiger partial charge in [0, 0.05) is 29.0 Å². The molecule has 0 saturated heterocycles. The third-order valence-corrected chi connectivity index (χ3v) is 6.29. The smallest absolute Gasteiger partial charge is 0.123 e. The highest BCUT2D eigenvalue weighted by Gasteiger charge is 2.31. The van der Waals surface area contributed by atoms with E-state index in [1.165, 1.54) is 16.7 Å². The molecule has 0 radical (unpaired) electrons. The van der Waals surface area contributed by atoms with Gasteiger partial charge in [-0.3, -0.25) is 0 Å². The third-order valence-electron chi connectivity index (χ3n) is 6.29. The number of benzene rings is 1. The number of aromatic hydroxyl groups is 2. The number of rotatable bonds is 3. The van der Waals surface area contributed by atoms with Gasteiger partial charge in [-0.1, -0.05) is 35.5 Å². The second kappa shape index (κ2) is 9.88. The van der Waals surface area contributed by atoms with Crippen LogP contribution in [0.4, 0.5) is 0 Å². The molecule has 156 valence electrons. The molecular formula is C27H36O2. The summed E-state index contributed by atoms with van der Waals surface area (Å²) in [6.07, 6.45) is 14.7. The van der Waals surface area contributed by atoms with Crippen molar-refractivity contribution in [2.24, 2.45) is 5.92 Å². The topological polar surface area (TPSA) is 40.5 Å². The van der Waals surface area contributed by atoms with Crippen LogP contribution >= 0.6 is 0 Å². The monoisotopic (exact) mass is 392 g/mol. The predicted octanol–water partition coefficient (Wildman–Crippen LogP) is 7.28. The normalized spacial score (nSPS) is 23.8. The molecule has 2 N–H and O–H groups in total. The zero-order valence-corrected chi connectivity index (χ0v) is 18.7. The molecule has 29 heavy (non-hydrogen) atoms. The van der Waals surface area contributed by atoms with E-state index >= 15 is 0 Å². The lowest BCUT2D eigenvalue weighted by Gasteiger charge is -2.33. The van der Waals surface area contributed by atoms with Gasteiger partial charge in [-0.15, -0.1) is 12.3 Å². The molecule has 2 nitrogen and oxygen atoms in total. The van der Waals surface area contributed by atoms with Gasteiger partial charge in [0.2, 0.25) is 0 Å². The number of allylic oxidation sites excluding steroid dienone is 5. The van der Waals surface area contributed by atoms with E-state index in [-0.39, 0.29) is 23.3 Å². The summed E-state index contributed by atoms with van der Waals surface area (Å²) < 4.78 is 0. The van der Waals surface area contributed by atoms with Crippen molar-refractivity contribution in [3.05, 3.63) is 58.2 Å². The van der Waals surface area contributed by atoms with E-state index in [9.17, 15) is 10.2 Å². The van der Waals surface area contributed by atoms with Crippen LogP contribution in [0.25, 0.3) is 0 Å². The maximum absolute atomic E-state index is 10.8. The van der Waals surface area contributed by atoms with Crippen LogP contribution in [-0.2, 0) is 0 Å². The Morgan fingerprint density at radius 2 is 1.62 bits per heavy atom. The fourth-order valence-corrected chi connectivity index (χ4v) is 4.95. The van der Waals surface area contributed by atoms with Crippen molar-refractivity contribution in [3.63, 3.8) is 0 Å². The average molecular weight is 393 g/mol. The lowest BCUT2D eigenvalue weighted by Crippen LogP contribution is -2.19. The highest BCUT2D eigenvalue weighted by atomic mass is 16.3. The summed E-state index contributed by atoms with van der Waals surface area (Å²) >= 11 is 0. The van der Waals surface area contributed by atoms with Crippen LogP contribution in [0.5, 0.6) is 11.5 Å². The number of hydrogen-bond acceptors (Lipinski definition) is 2. The van der Waals surface area contributed by atoms with Crippen molar-refractivity contribution in [3.8, 4) is 23.8 Å². The average Bonchev–Trinajstić information content (AvgIpc) is 2.62. The van der Waals surface area contributed by atoms with Crippen molar-refractivity contribution in [1.29, 1.82) is 0 Å². The van der Waals surface area contributed by atoms with Crippen molar-refractivity contribution < 1.29 is 10.2 Å². The van der Waals surface area contributed by atoms with Crippen molar-refractivity contribution >= 4 is 0 Å². The van der Waals surface area contributed by atoms with Gasteiger partial charge in [0.1, 0.15) is 11.5 Å². The largest absolute Gasteiger partial charge is 0.507 e. The van der Waals surface area contributed by atoms with Gasteiger partial charge < -0.3 is 10.2 Å². The molecule has 0 aromatic heterocycles. The molecule has 0 bridgehead atoms. The first-order chi connectivity index (χ1) is 13.7. The highest BCUT2D eigenvalue weighted by molar-refractivity contribution is 5.57. The first kappa shape index (κ1) is 22.9. The first-order valence-corrected chi connectivity index (χ1v) is 10.6. The molecule has 0 amide bonds. The van der Waals surface area contributed by atoms with Crippen LogP contribution in [0.2, 0.25) is 0 Å². The van der Waals surface area contributed by atoms with Gasteiger partial charge >= 0.3 is 0 Å². The van der Waals surface area contributed by atoms with E-state index in [4.69, 9.17) is 0 Å². The molecule has 2 unspecified atom stereocenters. The van der Waals surface area contributed by atoms with E-state index in [1.54, 1.807) is 13.0 Å². The van der Waals surface area contributed by atoms with Gasteiger partial charge in [0.15, 0.2) is 0 Å². The lowest BCUT2D eigenvalue weighted by molar-refractivity contribution is 0.419. The molecule has 0 aliphatic heterocycles. The molecular weight excluding hydrogens is 356 g/mol. The fraction of sp³-hybridized carbons (Fsp3) is 0.481. The van der Waals surface area contributed by atoms with E-state index in [1.807, 2.05) is 0 Å². The van der Waals surface area contributed by atoms with Crippen molar-refractivity contribution in [2.75, 3.05) is 0 Å². The fourth-order valence-electron chi connectivity index (χ4n) is 4.95. The van der Waals surface area contributed by atoms with Crippen LogP contribution in [0, 0.1) is 25.2 Å². The molecule has 3 atom stereocenters. The lowest BCUT2D eigenvalue weighted by atomic mass is 9.71. The van der Waals surface area contributed by atoms with Crippen LogP contribution in [0.3, 0.4) is 0 Å². The minimum atomic E-state index is 0.134. The molecule has 2 aliphatic rings. The Morgan fingerprint density at radius 3 is 2.21 bits per heavy atom. The number of hydrogen-bond donors (Lipinski definition) is 2. The zero-order valence-electron chi connectivity index (χ0n) is 18.7. The van der Waals surface area contributed by atoms with E-state index in [2.05, 4.69) is 58.8 Å². The summed E-state index contributed by atoms with van der Waals surface area (Å²) in [6, 6.07) is 1.56. The molecule has 0 saturated carbocycles. The molecule has 0 heterocycles. The van der Waals surface area contributed by atoms with Crippen LogP contribution < -0.4 is 0 Å². The zero-order chi connectivity index (χ0) is 21.7. The Hall–Kier alpha value is -2.40. The predicted molar refractivity (Wildman–Crippen MR) is 123 cm³/mol. The van der Waals surface area contributed by atoms with Crippen molar-refractivity contribution in [2.45, 2.75) is 78.6 Å².